The molecular formula is C24H24N4O2S. The smallest absolute Gasteiger partial charge is 0.164 e. The molecule has 0 aliphatic heterocycles. The third-order valence-corrected chi connectivity index (χ3v) is 6.54. The number of thioether (sulfide) groups is 1. The Morgan fingerprint density at radius 2 is 1.97 bits per heavy atom. The lowest BCUT2D eigenvalue weighted by molar-refractivity contribution is 0.351. The number of rotatable bonds is 6. The number of aromatic amines is 1. The molecule has 1 atom stereocenters. The monoisotopic (exact) mass is 432 g/mol. The minimum absolute atomic E-state index is 0.369. The average molecular weight is 433 g/mol. The highest BCUT2D eigenvalue weighted by Crippen LogP contribution is 2.46. The molecule has 0 radical (unpaired) electrons. The molecule has 0 saturated carbocycles. The maximum atomic E-state index is 9.98. The lowest BCUT2D eigenvalue weighted by Gasteiger charge is -2.26. The van der Waals surface area contributed by atoms with Crippen molar-refractivity contribution in [1.29, 1.82) is 5.26 Å². The van der Waals surface area contributed by atoms with E-state index in [1.807, 2.05) is 18.2 Å². The molecule has 0 bridgehead atoms. The van der Waals surface area contributed by atoms with Crippen LogP contribution in [0.3, 0.4) is 0 Å². The lowest BCUT2D eigenvalue weighted by atomic mass is 9.78. The number of hydrogen-bond acceptors (Lipinski definition) is 6. The van der Waals surface area contributed by atoms with Crippen molar-refractivity contribution in [2.75, 3.05) is 14.2 Å². The van der Waals surface area contributed by atoms with E-state index in [9.17, 15) is 5.26 Å². The summed E-state index contributed by atoms with van der Waals surface area (Å²) in [4.78, 5) is 1.17. The Hall–Kier alpha value is -3.37. The van der Waals surface area contributed by atoms with Crippen molar-refractivity contribution in [2.24, 2.45) is 5.73 Å². The van der Waals surface area contributed by atoms with Gasteiger partial charge in [-0.05, 0) is 25.1 Å². The van der Waals surface area contributed by atoms with Gasteiger partial charge in [-0.25, -0.2) is 0 Å². The largest absolute Gasteiger partial charge is 0.493 e. The van der Waals surface area contributed by atoms with Crippen molar-refractivity contribution in [3.63, 3.8) is 0 Å². The van der Waals surface area contributed by atoms with E-state index in [4.69, 9.17) is 15.2 Å². The summed E-state index contributed by atoms with van der Waals surface area (Å²) in [6.45, 7) is 2.07. The van der Waals surface area contributed by atoms with Crippen LogP contribution < -0.4 is 15.2 Å². The van der Waals surface area contributed by atoms with Crippen LogP contribution in [0.5, 0.6) is 11.5 Å². The Morgan fingerprint density at radius 1 is 1.19 bits per heavy atom. The number of aryl methyl sites for hydroxylation is 1. The van der Waals surface area contributed by atoms with Crippen molar-refractivity contribution in [2.45, 2.75) is 29.9 Å². The Kier molecular flexibility index (Phi) is 5.92. The number of fused-ring (bicyclic) bond motifs is 1. The zero-order valence-corrected chi connectivity index (χ0v) is 18.5. The maximum Gasteiger partial charge on any atom is 0.164 e. The number of methoxy groups -OCH3 is 2. The van der Waals surface area contributed by atoms with Crippen LogP contribution in [0, 0.1) is 18.3 Å². The molecule has 0 saturated heterocycles. The predicted octanol–water partition coefficient (Wildman–Crippen LogP) is 4.45. The first kappa shape index (κ1) is 20.9. The molecule has 1 heterocycles. The number of nitrogens with two attached hydrogens (primary N) is 1. The molecule has 31 heavy (non-hydrogen) atoms. The summed E-state index contributed by atoms with van der Waals surface area (Å²) in [5.41, 5.74) is 12.3. The van der Waals surface area contributed by atoms with Gasteiger partial charge in [0.1, 0.15) is 0 Å². The summed E-state index contributed by atoms with van der Waals surface area (Å²) < 4.78 is 11.2. The first-order valence-electron chi connectivity index (χ1n) is 9.92. The fourth-order valence-corrected chi connectivity index (χ4v) is 4.86. The highest BCUT2D eigenvalue weighted by Gasteiger charge is 2.35. The molecular weight excluding hydrogens is 408 g/mol. The van der Waals surface area contributed by atoms with Gasteiger partial charge in [0.15, 0.2) is 11.5 Å². The topological polar surface area (TPSA) is 96.9 Å². The van der Waals surface area contributed by atoms with E-state index in [0.717, 1.165) is 22.5 Å². The second-order valence-corrected chi connectivity index (χ2v) is 8.46. The molecule has 1 aliphatic rings. The van der Waals surface area contributed by atoms with E-state index in [1.54, 1.807) is 26.0 Å². The number of nitriles is 1. The molecule has 3 N–H and O–H groups in total. The second kappa shape index (κ2) is 8.78. The number of benzene rings is 2. The molecule has 0 spiro atoms. The number of nitrogens with zero attached hydrogens (tertiary/aromatic N) is 2. The molecule has 1 aliphatic carbocycles. The van der Waals surface area contributed by atoms with E-state index in [1.165, 1.54) is 10.5 Å². The normalized spacial score (nSPS) is 15.4. The van der Waals surface area contributed by atoms with Crippen molar-refractivity contribution < 1.29 is 9.47 Å². The summed E-state index contributed by atoms with van der Waals surface area (Å²) in [5, 5.41) is 17.7. The molecule has 2 aromatic carbocycles. The summed E-state index contributed by atoms with van der Waals surface area (Å²) in [7, 11) is 3.21. The number of para-hydroxylation sites is 1. The summed E-state index contributed by atoms with van der Waals surface area (Å²) in [6.07, 6.45) is 0.475. The molecule has 7 heteroatoms. The first-order chi connectivity index (χ1) is 15.1. The van der Waals surface area contributed by atoms with Crippen LogP contribution in [0.15, 0.2) is 58.6 Å². The molecule has 0 amide bonds. The molecule has 1 unspecified atom stereocenters. The van der Waals surface area contributed by atoms with Gasteiger partial charge in [-0.3, -0.25) is 5.10 Å². The van der Waals surface area contributed by atoms with E-state index >= 15 is 0 Å². The average Bonchev–Trinajstić information content (AvgIpc) is 3.19. The van der Waals surface area contributed by atoms with Crippen LogP contribution in [-0.2, 0) is 12.2 Å². The van der Waals surface area contributed by atoms with Gasteiger partial charge in [0.05, 0.1) is 37.5 Å². The minimum Gasteiger partial charge on any atom is -0.493 e. The van der Waals surface area contributed by atoms with E-state index in [2.05, 4.69) is 47.5 Å². The van der Waals surface area contributed by atoms with Gasteiger partial charge in [-0.1, -0.05) is 29.8 Å². The van der Waals surface area contributed by atoms with Gasteiger partial charge in [-0.15, -0.1) is 11.8 Å². The molecule has 1 aromatic heterocycles. The van der Waals surface area contributed by atoms with Crippen LogP contribution in [-0.4, -0.2) is 24.4 Å². The number of hydrogen-bond donors (Lipinski definition) is 2. The Bertz CT molecular complexity index is 1180. The van der Waals surface area contributed by atoms with Crippen LogP contribution in [0.2, 0.25) is 0 Å². The van der Waals surface area contributed by atoms with Crippen molar-refractivity contribution in [1.82, 2.24) is 10.2 Å². The van der Waals surface area contributed by atoms with Crippen LogP contribution in [0.1, 0.15) is 34.0 Å². The fraction of sp³-hybridized carbons (Fsp3) is 0.250. The van der Waals surface area contributed by atoms with Crippen molar-refractivity contribution in [3.05, 3.63) is 81.8 Å². The van der Waals surface area contributed by atoms with Crippen LogP contribution in [0.4, 0.5) is 0 Å². The minimum atomic E-state index is -0.369. The third kappa shape index (κ3) is 3.87. The summed E-state index contributed by atoms with van der Waals surface area (Å²) >= 11 is 1.72. The van der Waals surface area contributed by atoms with Gasteiger partial charge in [0.25, 0.3) is 0 Å². The SMILES string of the molecule is COc1cccc(C2C(C#N)=C(N)Cc3[nH]nc(CSc4ccc(C)cc4)c32)c1OC. The highest BCUT2D eigenvalue weighted by atomic mass is 32.2. The van der Waals surface area contributed by atoms with Crippen LogP contribution in [0.25, 0.3) is 0 Å². The summed E-state index contributed by atoms with van der Waals surface area (Å²) in [6, 6.07) is 16.5. The standard InChI is InChI=1S/C24H24N4O2S/c1-14-7-9-15(10-8-14)31-13-20-23-19(27-28-20)11-18(26)17(12-25)22(23)16-5-4-6-21(29-2)24(16)30-3/h4-10,22H,11,13,26H2,1-3H3,(H,27,28). The molecule has 158 valence electrons. The number of allylic oxidation sites excluding steroid dienone is 2. The number of aromatic nitrogens is 2. The zero-order valence-electron chi connectivity index (χ0n) is 17.7. The van der Waals surface area contributed by atoms with Crippen LogP contribution >= 0.6 is 11.8 Å². The third-order valence-electron chi connectivity index (χ3n) is 5.51. The van der Waals surface area contributed by atoms with Gasteiger partial charge in [0.2, 0.25) is 0 Å². The second-order valence-electron chi connectivity index (χ2n) is 7.41. The number of H-pyrrole nitrogens is 1. The number of nitrogens with one attached hydrogen (secondary N) is 1. The fourth-order valence-electron chi connectivity index (χ4n) is 4.00. The number of ether oxygens (including phenoxy) is 2. The van der Waals surface area contributed by atoms with E-state index in [0.29, 0.717) is 34.9 Å². The maximum absolute atomic E-state index is 9.98. The van der Waals surface area contributed by atoms with Gasteiger partial charge < -0.3 is 15.2 Å². The molecule has 6 nitrogen and oxygen atoms in total. The Labute approximate surface area is 186 Å². The van der Waals surface area contributed by atoms with Crippen molar-refractivity contribution in [3.8, 4) is 17.6 Å². The summed E-state index contributed by atoms with van der Waals surface area (Å²) in [5.74, 6) is 1.52. The van der Waals surface area contributed by atoms with Gasteiger partial charge in [-0.2, -0.15) is 10.4 Å². The molecule has 4 rings (SSSR count). The predicted molar refractivity (Wildman–Crippen MR) is 121 cm³/mol. The Balaban J connectivity index is 1.79. The quantitative estimate of drug-likeness (QED) is 0.559. The van der Waals surface area contributed by atoms with Gasteiger partial charge >= 0.3 is 0 Å². The zero-order chi connectivity index (χ0) is 22.0. The Morgan fingerprint density at radius 3 is 2.65 bits per heavy atom. The van der Waals surface area contributed by atoms with Gasteiger partial charge in [0, 0.05) is 39.6 Å². The molecule has 0 fully saturated rings. The highest BCUT2D eigenvalue weighted by molar-refractivity contribution is 7.98. The first-order valence-corrected chi connectivity index (χ1v) is 10.9. The van der Waals surface area contributed by atoms with Crippen molar-refractivity contribution >= 4 is 11.8 Å². The molecule has 3 aromatic rings. The lowest BCUT2D eigenvalue weighted by Crippen LogP contribution is -2.20. The van der Waals surface area contributed by atoms with E-state index < -0.39 is 0 Å². The van der Waals surface area contributed by atoms with E-state index in [-0.39, 0.29) is 5.92 Å².